The molecule has 2 N–H and O–H groups in total. The lowest BCUT2D eigenvalue weighted by atomic mass is 9.82. The highest BCUT2D eigenvalue weighted by Crippen LogP contribution is 2.41. The van der Waals surface area contributed by atoms with Gasteiger partial charge in [0.15, 0.2) is 0 Å². The molecule has 108 valence electrons. The fourth-order valence-corrected chi connectivity index (χ4v) is 3.71. The van der Waals surface area contributed by atoms with Crippen LogP contribution < -0.4 is 5.32 Å². The summed E-state index contributed by atoms with van der Waals surface area (Å²) in [5.41, 5.74) is -0.792. The Bertz CT molecular complexity index is 341. The van der Waals surface area contributed by atoms with Gasteiger partial charge in [-0.25, -0.2) is 0 Å². The molecule has 0 aromatic carbocycles. The topological polar surface area (TPSA) is 66.4 Å². The van der Waals surface area contributed by atoms with Crippen LogP contribution in [0, 0.1) is 11.3 Å². The third kappa shape index (κ3) is 3.28. The molecule has 2 aliphatic carbocycles. The minimum atomic E-state index is -0.798. The largest absolute Gasteiger partial charge is 0.481 e. The number of carboxylic acids is 1. The Balaban J connectivity index is 1.87. The molecule has 0 spiro atoms. The molecule has 0 aliphatic heterocycles. The Morgan fingerprint density at radius 1 is 1.21 bits per heavy atom. The number of nitrogens with one attached hydrogen (secondary N) is 1. The van der Waals surface area contributed by atoms with Gasteiger partial charge in [0.1, 0.15) is 0 Å². The number of amides is 1. The quantitative estimate of drug-likeness (QED) is 0.805. The molecule has 0 aromatic heterocycles. The van der Waals surface area contributed by atoms with E-state index in [0.29, 0.717) is 18.8 Å². The first-order valence-corrected chi connectivity index (χ1v) is 7.56. The molecule has 0 aromatic rings. The molecule has 2 saturated carbocycles. The summed E-state index contributed by atoms with van der Waals surface area (Å²) in [4.78, 5) is 23.5. The van der Waals surface area contributed by atoms with Gasteiger partial charge >= 0.3 is 5.97 Å². The van der Waals surface area contributed by atoms with E-state index in [1.165, 1.54) is 25.7 Å². The van der Waals surface area contributed by atoms with Gasteiger partial charge in [0.05, 0.1) is 5.41 Å². The summed E-state index contributed by atoms with van der Waals surface area (Å²) < 4.78 is 0. The fraction of sp³-hybridized carbons (Fsp3) is 0.867. The fourth-order valence-electron chi connectivity index (χ4n) is 3.71. The molecular formula is C15H25NO3. The van der Waals surface area contributed by atoms with Gasteiger partial charge in [-0.3, -0.25) is 9.59 Å². The van der Waals surface area contributed by atoms with Crippen molar-refractivity contribution in [1.29, 1.82) is 0 Å². The van der Waals surface area contributed by atoms with E-state index in [2.05, 4.69) is 12.2 Å². The van der Waals surface area contributed by atoms with Crippen molar-refractivity contribution in [3.63, 3.8) is 0 Å². The molecule has 1 atom stereocenters. The third-order valence-electron chi connectivity index (χ3n) is 5.01. The van der Waals surface area contributed by atoms with E-state index in [4.69, 9.17) is 0 Å². The minimum Gasteiger partial charge on any atom is -0.481 e. The third-order valence-corrected chi connectivity index (χ3v) is 5.01. The van der Waals surface area contributed by atoms with Crippen LogP contribution in [0.15, 0.2) is 0 Å². The molecule has 0 radical (unpaired) electrons. The van der Waals surface area contributed by atoms with Crippen molar-refractivity contribution in [2.45, 2.75) is 70.8 Å². The summed E-state index contributed by atoms with van der Waals surface area (Å²) in [5.74, 6) is -0.300. The summed E-state index contributed by atoms with van der Waals surface area (Å²) in [5, 5.41) is 12.4. The zero-order chi connectivity index (χ0) is 13.9. The maximum absolute atomic E-state index is 12.1. The van der Waals surface area contributed by atoms with E-state index in [1.54, 1.807) is 0 Å². The van der Waals surface area contributed by atoms with Gasteiger partial charge in [-0.05, 0) is 38.5 Å². The Morgan fingerprint density at radius 2 is 1.79 bits per heavy atom. The van der Waals surface area contributed by atoms with Gasteiger partial charge in [-0.2, -0.15) is 0 Å². The highest BCUT2D eigenvalue weighted by molar-refractivity contribution is 5.85. The van der Waals surface area contributed by atoms with Crippen molar-refractivity contribution in [2.75, 3.05) is 0 Å². The molecule has 2 rings (SSSR count). The first kappa shape index (κ1) is 14.4. The summed E-state index contributed by atoms with van der Waals surface area (Å²) in [6, 6.07) is 0.183. The summed E-state index contributed by atoms with van der Waals surface area (Å²) in [6.07, 6.45) is 8.18. The van der Waals surface area contributed by atoms with Crippen LogP contribution in [-0.4, -0.2) is 23.0 Å². The first-order valence-electron chi connectivity index (χ1n) is 7.56. The molecular weight excluding hydrogens is 242 g/mol. The molecule has 0 saturated heterocycles. The Morgan fingerprint density at radius 3 is 2.32 bits per heavy atom. The lowest BCUT2D eigenvalue weighted by Gasteiger charge is -2.26. The number of rotatable bonds is 5. The number of carbonyl (C=O) groups is 2. The van der Waals surface area contributed by atoms with Gasteiger partial charge in [-0.1, -0.05) is 25.7 Å². The predicted molar refractivity (Wildman–Crippen MR) is 72.7 cm³/mol. The van der Waals surface area contributed by atoms with E-state index in [1.807, 2.05) is 0 Å². The van der Waals surface area contributed by atoms with Crippen molar-refractivity contribution in [1.82, 2.24) is 5.32 Å². The van der Waals surface area contributed by atoms with Crippen molar-refractivity contribution in [2.24, 2.45) is 11.3 Å². The van der Waals surface area contributed by atoms with E-state index in [-0.39, 0.29) is 18.4 Å². The number of carbonyl (C=O) groups excluding carboxylic acids is 1. The van der Waals surface area contributed by atoms with Crippen molar-refractivity contribution in [3.05, 3.63) is 0 Å². The van der Waals surface area contributed by atoms with Crippen LogP contribution in [0.2, 0.25) is 0 Å². The van der Waals surface area contributed by atoms with Gasteiger partial charge in [-0.15, -0.1) is 0 Å². The molecule has 0 unspecified atom stereocenters. The number of aliphatic carboxylic acids is 1. The molecule has 4 nitrogen and oxygen atoms in total. The maximum atomic E-state index is 12.1. The van der Waals surface area contributed by atoms with E-state index in [9.17, 15) is 14.7 Å². The smallest absolute Gasteiger partial charge is 0.310 e. The SMILES string of the molecule is C[C@@H](NC(=O)CC1(C(=O)O)CCCC1)C1CCCC1. The van der Waals surface area contributed by atoms with Gasteiger partial charge in [0.25, 0.3) is 0 Å². The second-order valence-electron chi connectivity index (χ2n) is 6.37. The van der Waals surface area contributed by atoms with Crippen molar-refractivity contribution < 1.29 is 14.7 Å². The molecule has 2 fully saturated rings. The Kier molecular flexibility index (Phi) is 4.48. The standard InChI is InChI=1S/C15H25NO3/c1-11(12-6-2-3-7-12)16-13(17)10-15(14(18)19)8-4-5-9-15/h11-12H,2-10H2,1H3,(H,16,17)(H,18,19)/t11-/m1/s1. The van der Waals surface area contributed by atoms with E-state index >= 15 is 0 Å². The van der Waals surface area contributed by atoms with Gasteiger partial charge in [0, 0.05) is 12.5 Å². The van der Waals surface area contributed by atoms with Crippen LogP contribution in [0.4, 0.5) is 0 Å². The van der Waals surface area contributed by atoms with Crippen molar-refractivity contribution >= 4 is 11.9 Å². The van der Waals surface area contributed by atoms with Crippen LogP contribution >= 0.6 is 0 Å². The Hall–Kier alpha value is -1.06. The average Bonchev–Trinajstić information content (AvgIpc) is 2.99. The summed E-state index contributed by atoms with van der Waals surface area (Å²) in [6.45, 7) is 2.05. The van der Waals surface area contributed by atoms with Crippen molar-refractivity contribution in [3.8, 4) is 0 Å². The average molecular weight is 267 g/mol. The monoisotopic (exact) mass is 267 g/mol. The normalized spacial score (nSPS) is 24.3. The second-order valence-corrected chi connectivity index (χ2v) is 6.37. The van der Waals surface area contributed by atoms with Crippen LogP contribution in [0.1, 0.15) is 64.7 Å². The predicted octanol–water partition coefficient (Wildman–Crippen LogP) is 2.72. The molecule has 1 amide bonds. The minimum absolute atomic E-state index is 0.0799. The van der Waals surface area contributed by atoms with E-state index < -0.39 is 11.4 Å². The second kappa shape index (κ2) is 5.93. The van der Waals surface area contributed by atoms with Crippen LogP contribution in [0.5, 0.6) is 0 Å². The maximum Gasteiger partial charge on any atom is 0.310 e. The molecule has 0 bridgehead atoms. The number of carboxylic acid groups (broad SMARTS) is 1. The van der Waals surface area contributed by atoms with Gasteiger partial charge < -0.3 is 10.4 Å². The first-order chi connectivity index (χ1) is 9.03. The summed E-state index contributed by atoms with van der Waals surface area (Å²) in [7, 11) is 0. The highest BCUT2D eigenvalue weighted by Gasteiger charge is 2.43. The lowest BCUT2D eigenvalue weighted by molar-refractivity contribution is -0.151. The molecule has 4 heteroatoms. The molecule has 0 heterocycles. The zero-order valence-corrected chi connectivity index (χ0v) is 11.8. The number of hydrogen-bond donors (Lipinski definition) is 2. The molecule has 2 aliphatic rings. The lowest BCUT2D eigenvalue weighted by Crippen LogP contribution is -2.41. The number of hydrogen-bond acceptors (Lipinski definition) is 2. The van der Waals surface area contributed by atoms with Gasteiger partial charge in [0.2, 0.25) is 5.91 Å². The summed E-state index contributed by atoms with van der Waals surface area (Å²) >= 11 is 0. The zero-order valence-electron chi connectivity index (χ0n) is 11.8. The highest BCUT2D eigenvalue weighted by atomic mass is 16.4. The van der Waals surface area contributed by atoms with Crippen LogP contribution in [-0.2, 0) is 9.59 Å². The van der Waals surface area contributed by atoms with Crippen LogP contribution in [0.25, 0.3) is 0 Å². The van der Waals surface area contributed by atoms with E-state index in [0.717, 1.165) is 12.8 Å². The Labute approximate surface area is 115 Å². The molecule has 19 heavy (non-hydrogen) atoms. The van der Waals surface area contributed by atoms with Crippen LogP contribution in [0.3, 0.4) is 0 Å².